The molecule has 0 bridgehead atoms. The average molecular weight is 274 g/mol. The summed E-state index contributed by atoms with van der Waals surface area (Å²) in [6.45, 7) is 2.26. The molecule has 0 amide bonds. The summed E-state index contributed by atoms with van der Waals surface area (Å²) >= 11 is 0. The zero-order valence-electron chi connectivity index (χ0n) is 12.2. The fourth-order valence-electron chi connectivity index (χ4n) is 3.26. The predicted molar refractivity (Wildman–Crippen MR) is 80.3 cm³/mol. The maximum Gasteiger partial charge on any atom is 0.120 e. The van der Waals surface area contributed by atoms with Crippen LogP contribution in [0.2, 0.25) is 0 Å². The Morgan fingerprint density at radius 3 is 2.75 bits per heavy atom. The van der Waals surface area contributed by atoms with E-state index in [0.29, 0.717) is 6.54 Å². The topological polar surface area (TPSA) is 49.4 Å². The molecular formula is C16H22N2O2. The summed E-state index contributed by atoms with van der Waals surface area (Å²) < 4.78 is 13.0. The lowest BCUT2D eigenvalue weighted by molar-refractivity contribution is 0.0534. The predicted octanol–water partition coefficient (Wildman–Crippen LogP) is 2.19. The molecule has 3 rings (SSSR count). The minimum absolute atomic E-state index is 0.0480. The van der Waals surface area contributed by atoms with Crippen molar-refractivity contribution in [2.24, 2.45) is 12.8 Å². The summed E-state index contributed by atoms with van der Waals surface area (Å²) in [4.78, 5) is 0. The van der Waals surface area contributed by atoms with Crippen LogP contribution >= 0.6 is 0 Å². The van der Waals surface area contributed by atoms with E-state index in [9.17, 15) is 0 Å². The number of hydrogen-bond acceptors (Lipinski definition) is 3. The van der Waals surface area contributed by atoms with E-state index >= 15 is 0 Å². The van der Waals surface area contributed by atoms with Crippen LogP contribution in [0.25, 0.3) is 10.9 Å². The Bertz CT molecular complexity index is 612. The summed E-state index contributed by atoms with van der Waals surface area (Å²) in [6.07, 6.45) is 4.21. The van der Waals surface area contributed by atoms with Gasteiger partial charge in [-0.2, -0.15) is 0 Å². The van der Waals surface area contributed by atoms with Crippen LogP contribution in [0.15, 0.2) is 24.4 Å². The van der Waals surface area contributed by atoms with Gasteiger partial charge in [0.1, 0.15) is 5.75 Å². The van der Waals surface area contributed by atoms with Crippen LogP contribution in [-0.4, -0.2) is 31.4 Å². The number of rotatable bonds is 3. The molecule has 108 valence electrons. The van der Waals surface area contributed by atoms with Crippen molar-refractivity contribution in [2.45, 2.75) is 18.3 Å². The average Bonchev–Trinajstić information content (AvgIpc) is 2.85. The van der Waals surface area contributed by atoms with E-state index in [1.807, 2.05) is 6.07 Å². The third-order valence-corrected chi connectivity index (χ3v) is 4.61. The molecule has 1 aromatic heterocycles. The second-order valence-corrected chi connectivity index (χ2v) is 5.63. The summed E-state index contributed by atoms with van der Waals surface area (Å²) in [5.41, 5.74) is 8.73. The SMILES string of the molecule is COc1ccc2c(C3(CN)CCOCC3)cn(C)c2c1. The van der Waals surface area contributed by atoms with Gasteiger partial charge in [-0.3, -0.25) is 0 Å². The molecule has 1 saturated heterocycles. The molecule has 0 radical (unpaired) electrons. The number of fused-ring (bicyclic) bond motifs is 1. The second-order valence-electron chi connectivity index (χ2n) is 5.63. The summed E-state index contributed by atoms with van der Waals surface area (Å²) in [5.74, 6) is 0.888. The highest BCUT2D eigenvalue weighted by atomic mass is 16.5. The monoisotopic (exact) mass is 274 g/mol. The van der Waals surface area contributed by atoms with Gasteiger partial charge >= 0.3 is 0 Å². The Balaban J connectivity index is 2.15. The Hall–Kier alpha value is -1.52. The third kappa shape index (κ3) is 2.00. The molecule has 1 fully saturated rings. The number of aryl methyl sites for hydroxylation is 1. The number of nitrogens with zero attached hydrogens (tertiary/aromatic N) is 1. The molecule has 0 saturated carbocycles. The molecule has 2 N–H and O–H groups in total. The maximum absolute atomic E-state index is 6.14. The normalized spacial score (nSPS) is 18.4. The molecule has 20 heavy (non-hydrogen) atoms. The van der Waals surface area contributed by atoms with E-state index in [1.54, 1.807) is 7.11 Å². The quantitative estimate of drug-likeness (QED) is 0.933. The number of hydrogen-bond donors (Lipinski definition) is 1. The van der Waals surface area contributed by atoms with Crippen LogP contribution in [0.3, 0.4) is 0 Å². The van der Waals surface area contributed by atoms with Crippen LogP contribution in [0, 0.1) is 0 Å². The number of aromatic nitrogens is 1. The molecular weight excluding hydrogens is 252 g/mol. The number of ether oxygens (including phenoxy) is 2. The Kier molecular flexibility index (Phi) is 3.44. The molecule has 4 heteroatoms. The standard InChI is InChI=1S/C16H22N2O2/c1-18-10-14(16(11-17)5-7-20-8-6-16)13-4-3-12(19-2)9-15(13)18/h3-4,9-10H,5-8,11,17H2,1-2H3. The molecule has 1 aliphatic rings. The van der Waals surface area contributed by atoms with Gasteiger partial charge in [-0.15, -0.1) is 0 Å². The zero-order valence-corrected chi connectivity index (χ0v) is 12.2. The molecule has 0 spiro atoms. The van der Waals surface area contributed by atoms with Crippen LogP contribution in [0.5, 0.6) is 5.75 Å². The fraction of sp³-hybridized carbons (Fsp3) is 0.500. The molecule has 2 heterocycles. The van der Waals surface area contributed by atoms with E-state index in [4.69, 9.17) is 15.2 Å². The third-order valence-electron chi connectivity index (χ3n) is 4.61. The van der Waals surface area contributed by atoms with Crippen molar-refractivity contribution in [2.75, 3.05) is 26.9 Å². The highest BCUT2D eigenvalue weighted by molar-refractivity contribution is 5.86. The minimum atomic E-state index is 0.0480. The van der Waals surface area contributed by atoms with Gasteiger partial charge in [0.2, 0.25) is 0 Å². The molecule has 0 atom stereocenters. The highest BCUT2D eigenvalue weighted by Crippen LogP contribution is 2.39. The zero-order chi connectivity index (χ0) is 14.2. The Morgan fingerprint density at radius 1 is 1.35 bits per heavy atom. The maximum atomic E-state index is 6.14. The van der Waals surface area contributed by atoms with Crippen molar-refractivity contribution in [1.82, 2.24) is 4.57 Å². The molecule has 1 aromatic carbocycles. The lowest BCUT2D eigenvalue weighted by Gasteiger charge is -2.36. The first-order valence-corrected chi connectivity index (χ1v) is 7.11. The first-order chi connectivity index (χ1) is 9.70. The number of methoxy groups -OCH3 is 1. The van der Waals surface area contributed by atoms with Gasteiger partial charge in [0.25, 0.3) is 0 Å². The fourth-order valence-corrected chi connectivity index (χ4v) is 3.26. The van der Waals surface area contributed by atoms with E-state index in [-0.39, 0.29) is 5.41 Å². The van der Waals surface area contributed by atoms with Crippen molar-refractivity contribution in [1.29, 1.82) is 0 Å². The van der Waals surface area contributed by atoms with Crippen molar-refractivity contribution in [3.8, 4) is 5.75 Å². The first kappa shape index (κ1) is 13.5. The van der Waals surface area contributed by atoms with Gasteiger partial charge in [-0.25, -0.2) is 0 Å². The summed E-state index contributed by atoms with van der Waals surface area (Å²) in [5, 5.41) is 1.28. The Labute approximate surface area is 119 Å². The van der Waals surface area contributed by atoms with Crippen LogP contribution in [-0.2, 0) is 17.2 Å². The Morgan fingerprint density at radius 2 is 2.10 bits per heavy atom. The van der Waals surface area contributed by atoms with Crippen molar-refractivity contribution in [3.05, 3.63) is 30.0 Å². The largest absolute Gasteiger partial charge is 0.497 e. The van der Waals surface area contributed by atoms with Crippen LogP contribution < -0.4 is 10.5 Å². The van der Waals surface area contributed by atoms with Crippen molar-refractivity contribution >= 4 is 10.9 Å². The van der Waals surface area contributed by atoms with Gasteiger partial charge in [-0.1, -0.05) is 0 Å². The highest BCUT2D eigenvalue weighted by Gasteiger charge is 2.35. The second kappa shape index (κ2) is 5.11. The minimum Gasteiger partial charge on any atom is -0.497 e. The van der Waals surface area contributed by atoms with Crippen LogP contribution in [0.4, 0.5) is 0 Å². The van der Waals surface area contributed by atoms with Gasteiger partial charge in [0.15, 0.2) is 0 Å². The van der Waals surface area contributed by atoms with Crippen molar-refractivity contribution in [3.63, 3.8) is 0 Å². The van der Waals surface area contributed by atoms with E-state index in [0.717, 1.165) is 31.8 Å². The van der Waals surface area contributed by atoms with E-state index in [1.165, 1.54) is 16.5 Å². The lowest BCUT2D eigenvalue weighted by Crippen LogP contribution is -2.40. The van der Waals surface area contributed by atoms with Crippen molar-refractivity contribution < 1.29 is 9.47 Å². The van der Waals surface area contributed by atoms with Gasteiger partial charge < -0.3 is 19.8 Å². The molecule has 0 unspecified atom stereocenters. The first-order valence-electron chi connectivity index (χ1n) is 7.11. The summed E-state index contributed by atoms with van der Waals surface area (Å²) in [7, 11) is 3.78. The van der Waals surface area contributed by atoms with Gasteiger partial charge in [0, 0.05) is 49.9 Å². The number of nitrogens with two attached hydrogens (primary N) is 1. The number of benzene rings is 1. The van der Waals surface area contributed by atoms with E-state index < -0.39 is 0 Å². The smallest absolute Gasteiger partial charge is 0.120 e. The molecule has 2 aromatic rings. The lowest BCUT2D eigenvalue weighted by atomic mass is 9.74. The van der Waals surface area contributed by atoms with Gasteiger partial charge in [-0.05, 0) is 30.5 Å². The van der Waals surface area contributed by atoms with Crippen LogP contribution in [0.1, 0.15) is 18.4 Å². The van der Waals surface area contributed by atoms with E-state index in [2.05, 4.69) is 29.9 Å². The van der Waals surface area contributed by atoms with Gasteiger partial charge in [0.05, 0.1) is 12.6 Å². The molecule has 1 aliphatic heterocycles. The molecule has 0 aliphatic carbocycles. The molecule has 4 nitrogen and oxygen atoms in total. The summed E-state index contributed by atoms with van der Waals surface area (Å²) in [6, 6.07) is 6.26.